The van der Waals surface area contributed by atoms with E-state index in [4.69, 9.17) is 16.3 Å². The summed E-state index contributed by atoms with van der Waals surface area (Å²) in [4.78, 5) is 12.7. The molecule has 1 amide bonds. The summed E-state index contributed by atoms with van der Waals surface area (Å²) in [7, 11) is 0. The minimum Gasteiger partial charge on any atom is -0.492 e. The molecule has 0 saturated carbocycles. The second-order valence-corrected chi connectivity index (χ2v) is 6.75. The number of benzene rings is 2. The maximum absolute atomic E-state index is 12.7. The SMILES string of the molecule is O=C(Nc1ccnn1Cc1ccc(Cl)cc1)C1COc2ccccc2C1. The van der Waals surface area contributed by atoms with Crippen LogP contribution in [0, 0.1) is 5.92 Å². The molecular formula is C20H18ClN3O2. The van der Waals surface area contributed by atoms with Crippen molar-refractivity contribution in [2.24, 2.45) is 5.92 Å². The zero-order valence-corrected chi connectivity index (χ0v) is 14.8. The van der Waals surface area contributed by atoms with Gasteiger partial charge < -0.3 is 10.1 Å². The first-order chi connectivity index (χ1) is 12.7. The Morgan fingerprint density at radius 3 is 2.85 bits per heavy atom. The minimum absolute atomic E-state index is 0.0580. The number of fused-ring (bicyclic) bond motifs is 1. The Morgan fingerprint density at radius 2 is 2.00 bits per heavy atom. The fourth-order valence-corrected chi connectivity index (χ4v) is 3.18. The molecule has 5 nitrogen and oxygen atoms in total. The molecule has 132 valence electrons. The number of rotatable bonds is 4. The summed E-state index contributed by atoms with van der Waals surface area (Å²) in [5.74, 6) is 1.26. The van der Waals surface area contributed by atoms with Gasteiger partial charge in [0.25, 0.3) is 0 Å². The van der Waals surface area contributed by atoms with Crippen LogP contribution in [0.25, 0.3) is 0 Å². The van der Waals surface area contributed by atoms with Crippen molar-refractivity contribution < 1.29 is 9.53 Å². The second-order valence-electron chi connectivity index (χ2n) is 6.31. The van der Waals surface area contributed by atoms with Gasteiger partial charge in [-0.2, -0.15) is 5.10 Å². The first-order valence-corrected chi connectivity index (χ1v) is 8.84. The minimum atomic E-state index is -0.219. The van der Waals surface area contributed by atoms with Gasteiger partial charge in [-0.15, -0.1) is 0 Å². The maximum Gasteiger partial charge on any atom is 0.232 e. The van der Waals surface area contributed by atoms with Gasteiger partial charge in [0.15, 0.2) is 0 Å². The molecule has 2 heterocycles. The predicted octanol–water partition coefficient (Wildman–Crippen LogP) is 3.77. The van der Waals surface area contributed by atoms with Crippen LogP contribution >= 0.6 is 11.6 Å². The van der Waals surface area contributed by atoms with Crippen molar-refractivity contribution in [2.75, 3.05) is 11.9 Å². The van der Waals surface area contributed by atoms with Gasteiger partial charge in [-0.1, -0.05) is 41.9 Å². The highest BCUT2D eigenvalue weighted by atomic mass is 35.5. The number of aromatic nitrogens is 2. The Bertz CT molecular complexity index is 921. The number of nitrogens with one attached hydrogen (secondary N) is 1. The smallest absolute Gasteiger partial charge is 0.232 e. The van der Waals surface area contributed by atoms with E-state index in [1.165, 1.54) is 0 Å². The lowest BCUT2D eigenvalue weighted by molar-refractivity contribution is -0.121. The molecule has 1 unspecified atom stereocenters. The third-order valence-corrected chi connectivity index (χ3v) is 4.72. The summed E-state index contributed by atoms with van der Waals surface area (Å²) in [6.45, 7) is 0.942. The zero-order chi connectivity index (χ0) is 17.9. The Hall–Kier alpha value is -2.79. The number of amides is 1. The van der Waals surface area contributed by atoms with E-state index in [2.05, 4.69) is 10.4 Å². The average molecular weight is 368 g/mol. The summed E-state index contributed by atoms with van der Waals surface area (Å²) in [6, 6.07) is 17.2. The van der Waals surface area contributed by atoms with E-state index in [9.17, 15) is 4.79 Å². The standard InChI is InChI=1S/C20H18ClN3O2/c21-17-7-5-14(6-8-17)12-24-19(9-10-22-24)23-20(25)16-11-15-3-1-2-4-18(15)26-13-16/h1-10,16H,11-13H2,(H,23,25). The summed E-state index contributed by atoms with van der Waals surface area (Å²) in [6.07, 6.45) is 2.35. The largest absolute Gasteiger partial charge is 0.492 e. The number of hydrogen-bond acceptors (Lipinski definition) is 3. The first-order valence-electron chi connectivity index (χ1n) is 8.47. The summed E-state index contributed by atoms with van der Waals surface area (Å²) < 4.78 is 7.48. The Labute approximate surface area is 156 Å². The van der Waals surface area contributed by atoms with Crippen LogP contribution in [0.15, 0.2) is 60.8 Å². The van der Waals surface area contributed by atoms with Gasteiger partial charge in [0, 0.05) is 11.1 Å². The van der Waals surface area contributed by atoms with Crippen molar-refractivity contribution in [3.63, 3.8) is 0 Å². The second kappa shape index (κ2) is 7.22. The van der Waals surface area contributed by atoms with Gasteiger partial charge in [0.2, 0.25) is 5.91 Å². The molecule has 1 N–H and O–H groups in total. The molecule has 4 rings (SSSR count). The van der Waals surface area contributed by atoms with Crippen LogP contribution in [0.4, 0.5) is 5.82 Å². The number of carbonyl (C=O) groups excluding carboxylic acids is 1. The van der Waals surface area contributed by atoms with E-state index >= 15 is 0 Å². The molecule has 1 atom stereocenters. The number of para-hydroxylation sites is 1. The van der Waals surface area contributed by atoms with E-state index in [-0.39, 0.29) is 11.8 Å². The molecule has 26 heavy (non-hydrogen) atoms. The van der Waals surface area contributed by atoms with Gasteiger partial charge >= 0.3 is 0 Å². The van der Waals surface area contributed by atoms with Crippen LogP contribution in [-0.2, 0) is 17.8 Å². The number of nitrogens with zero attached hydrogens (tertiary/aromatic N) is 2. The predicted molar refractivity (Wildman–Crippen MR) is 101 cm³/mol. The lowest BCUT2D eigenvalue weighted by Crippen LogP contribution is -2.33. The fraction of sp³-hybridized carbons (Fsp3) is 0.200. The molecule has 0 spiro atoms. The normalized spacial score (nSPS) is 15.8. The number of halogens is 1. The third kappa shape index (κ3) is 3.58. The van der Waals surface area contributed by atoms with Crippen LogP contribution in [0.3, 0.4) is 0 Å². The van der Waals surface area contributed by atoms with Crippen LogP contribution in [0.1, 0.15) is 11.1 Å². The monoisotopic (exact) mass is 367 g/mol. The lowest BCUT2D eigenvalue weighted by atomic mass is 9.96. The van der Waals surface area contributed by atoms with Crippen molar-refractivity contribution in [2.45, 2.75) is 13.0 Å². The number of anilines is 1. The Kier molecular flexibility index (Phi) is 4.63. The van der Waals surface area contributed by atoms with Crippen LogP contribution in [0.5, 0.6) is 5.75 Å². The van der Waals surface area contributed by atoms with E-state index in [0.29, 0.717) is 30.4 Å². The van der Waals surface area contributed by atoms with Gasteiger partial charge in [0.1, 0.15) is 18.2 Å². The summed E-state index contributed by atoms with van der Waals surface area (Å²) in [5, 5.41) is 7.98. The third-order valence-electron chi connectivity index (χ3n) is 4.46. The molecule has 0 bridgehead atoms. The molecule has 0 fully saturated rings. The van der Waals surface area contributed by atoms with Crippen molar-refractivity contribution in [3.05, 3.63) is 76.9 Å². The average Bonchev–Trinajstić information content (AvgIpc) is 3.10. The molecule has 0 radical (unpaired) electrons. The van der Waals surface area contributed by atoms with Crippen LogP contribution in [0.2, 0.25) is 5.02 Å². The van der Waals surface area contributed by atoms with Gasteiger partial charge in [-0.3, -0.25) is 4.79 Å². The van der Waals surface area contributed by atoms with Crippen LogP contribution in [-0.4, -0.2) is 22.3 Å². The number of carbonyl (C=O) groups is 1. The highest BCUT2D eigenvalue weighted by Gasteiger charge is 2.26. The summed E-state index contributed by atoms with van der Waals surface area (Å²) >= 11 is 5.92. The Morgan fingerprint density at radius 1 is 1.19 bits per heavy atom. The molecular weight excluding hydrogens is 350 g/mol. The van der Waals surface area contributed by atoms with Crippen molar-refractivity contribution in [3.8, 4) is 5.75 Å². The van der Waals surface area contributed by atoms with Gasteiger partial charge in [-0.25, -0.2) is 4.68 Å². The molecule has 0 aliphatic carbocycles. The van der Waals surface area contributed by atoms with E-state index in [1.54, 1.807) is 16.9 Å². The van der Waals surface area contributed by atoms with Gasteiger partial charge in [-0.05, 0) is 35.7 Å². The number of ether oxygens (including phenoxy) is 1. The van der Waals surface area contributed by atoms with Crippen LogP contribution < -0.4 is 10.1 Å². The fourth-order valence-electron chi connectivity index (χ4n) is 3.05. The van der Waals surface area contributed by atoms with E-state index in [0.717, 1.165) is 16.9 Å². The quantitative estimate of drug-likeness (QED) is 0.763. The van der Waals surface area contributed by atoms with Crippen molar-refractivity contribution >= 4 is 23.3 Å². The van der Waals surface area contributed by atoms with E-state index in [1.807, 2.05) is 48.5 Å². The molecule has 1 aromatic heterocycles. The molecule has 1 aliphatic rings. The highest BCUT2D eigenvalue weighted by Crippen LogP contribution is 2.27. The van der Waals surface area contributed by atoms with Crippen molar-refractivity contribution in [1.82, 2.24) is 9.78 Å². The molecule has 1 aliphatic heterocycles. The topological polar surface area (TPSA) is 56.2 Å². The molecule has 3 aromatic rings. The maximum atomic E-state index is 12.7. The first kappa shape index (κ1) is 16.7. The van der Waals surface area contributed by atoms with Crippen molar-refractivity contribution in [1.29, 1.82) is 0 Å². The molecule has 6 heteroatoms. The highest BCUT2D eigenvalue weighted by molar-refractivity contribution is 6.30. The molecule has 0 saturated heterocycles. The zero-order valence-electron chi connectivity index (χ0n) is 14.1. The summed E-state index contributed by atoms with van der Waals surface area (Å²) in [5.41, 5.74) is 2.12. The lowest BCUT2D eigenvalue weighted by Gasteiger charge is -2.24. The number of hydrogen-bond donors (Lipinski definition) is 1. The van der Waals surface area contributed by atoms with Gasteiger partial charge in [0.05, 0.1) is 18.7 Å². The molecule has 2 aromatic carbocycles. The van der Waals surface area contributed by atoms with E-state index < -0.39 is 0 Å². The Balaban J connectivity index is 1.44.